The smallest absolute Gasteiger partial charge is 0.257 e. The maximum Gasteiger partial charge on any atom is 0.257 e. The first-order chi connectivity index (χ1) is 16.6. The standard InChI is InChI=1S/C29H31NO4/c1-21(2)25-16-26(29(32)30-15-9-14-24(30)18-31)28(34-20-23-12-7-4-8-13-23)17-27(25)33-19-22-10-5-3-6-11-22/h3-8,10-13,16-17,24,31H,1,9,14-15,18-20H2,2H3. The molecule has 4 rings (SSSR count). The summed E-state index contributed by atoms with van der Waals surface area (Å²) in [5.74, 6) is 0.943. The molecule has 5 nitrogen and oxygen atoms in total. The van der Waals surface area contributed by atoms with Crippen LogP contribution in [0.25, 0.3) is 5.57 Å². The van der Waals surface area contributed by atoms with Gasteiger partial charge in [-0.25, -0.2) is 0 Å². The molecule has 1 aliphatic rings. The van der Waals surface area contributed by atoms with Crippen LogP contribution in [0.15, 0.2) is 79.4 Å². The van der Waals surface area contributed by atoms with E-state index in [0.717, 1.165) is 35.1 Å². The Bertz CT molecular complexity index is 1130. The first kappa shape index (κ1) is 23.6. The summed E-state index contributed by atoms with van der Waals surface area (Å²) in [6.07, 6.45) is 1.68. The lowest BCUT2D eigenvalue weighted by atomic mass is 10.0. The number of aliphatic hydroxyl groups is 1. The number of likely N-dealkylation sites (tertiary alicyclic amines) is 1. The van der Waals surface area contributed by atoms with Gasteiger partial charge in [0.15, 0.2) is 0 Å². The molecule has 1 saturated heterocycles. The zero-order valence-electron chi connectivity index (χ0n) is 19.6. The van der Waals surface area contributed by atoms with Crippen molar-refractivity contribution in [2.24, 2.45) is 0 Å². The van der Waals surface area contributed by atoms with E-state index >= 15 is 0 Å². The Morgan fingerprint density at radius 2 is 1.50 bits per heavy atom. The first-order valence-electron chi connectivity index (χ1n) is 11.7. The molecule has 0 saturated carbocycles. The Kier molecular flexibility index (Phi) is 7.65. The minimum Gasteiger partial charge on any atom is -0.488 e. The molecule has 1 unspecified atom stereocenters. The number of carbonyl (C=O) groups excluding carboxylic acids is 1. The largest absolute Gasteiger partial charge is 0.488 e. The summed E-state index contributed by atoms with van der Waals surface area (Å²) in [6, 6.07) is 23.2. The Labute approximate surface area is 201 Å². The third-order valence-electron chi connectivity index (χ3n) is 6.10. The highest BCUT2D eigenvalue weighted by Crippen LogP contribution is 2.36. The van der Waals surface area contributed by atoms with Gasteiger partial charge in [0.2, 0.25) is 0 Å². The van der Waals surface area contributed by atoms with E-state index in [9.17, 15) is 9.90 Å². The van der Waals surface area contributed by atoms with E-state index in [2.05, 4.69) is 6.58 Å². The van der Waals surface area contributed by atoms with Gasteiger partial charge >= 0.3 is 0 Å². The summed E-state index contributed by atoms with van der Waals surface area (Å²) >= 11 is 0. The van der Waals surface area contributed by atoms with Crippen molar-refractivity contribution in [3.8, 4) is 11.5 Å². The highest BCUT2D eigenvalue weighted by atomic mass is 16.5. The quantitative estimate of drug-likeness (QED) is 0.463. The van der Waals surface area contributed by atoms with Gasteiger partial charge in [-0.1, -0.05) is 67.2 Å². The molecule has 176 valence electrons. The van der Waals surface area contributed by atoms with Crippen LogP contribution in [0.2, 0.25) is 0 Å². The van der Waals surface area contributed by atoms with Crippen molar-refractivity contribution < 1.29 is 19.4 Å². The Morgan fingerprint density at radius 1 is 0.941 bits per heavy atom. The molecule has 5 heteroatoms. The lowest BCUT2D eigenvalue weighted by Gasteiger charge is -2.25. The third kappa shape index (κ3) is 5.49. The molecule has 34 heavy (non-hydrogen) atoms. The van der Waals surface area contributed by atoms with Gasteiger partial charge in [0.1, 0.15) is 24.7 Å². The van der Waals surface area contributed by atoms with E-state index in [0.29, 0.717) is 36.8 Å². The van der Waals surface area contributed by atoms with Crippen molar-refractivity contribution in [1.82, 2.24) is 4.90 Å². The number of nitrogens with zero attached hydrogens (tertiary/aromatic N) is 1. The van der Waals surface area contributed by atoms with Crippen LogP contribution in [0.4, 0.5) is 0 Å². The summed E-state index contributed by atoms with van der Waals surface area (Å²) in [6.45, 7) is 7.31. The van der Waals surface area contributed by atoms with E-state index in [1.54, 1.807) is 11.0 Å². The monoisotopic (exact) mass is 457 g/mol. The summed E-state index contributed by atoms with van der Waals surface area (Å²) in [7, 11) is 0. The fraction of sp³-hybridized carbons (Fsp3) is 0.276. The summed E-state index contributed by atoms with van der Waals surface area (Å²) in [5, 5.41) is 9.76. The van der Waals surface area contributed by atoms with Crippen molar-refractivity contribution >= 4 is 11.5 Å². The second-order valence-electron chi connectivity index (χ2n) is 8.65. The molecule has 1 heterocycles. The molecule has 1 atom stereocenters. The van der Waals surface area contributed by atoms with Crippen LogP contribution in [0.5, 0.6) is 11.5 Å². The van der Waals surface area contributed by atoms with E-state index in [-0.39, 0.29) is 18.6 Å². The number of rotatable bonds is 9. The zero-order valence-corrected chi connectivity index (χ0v) is 19.6. The minimum atomic E-state index is -0.170. The number of hydrogen-bond donors (Lipinski definition) is 1. The van der Waals surface area contributed by atoms with Crippen LogP contribution in [0.1, 0.15) is 46.8 Å². The number of allylic oxidation sites excluding steroid dienone is 1. The first-order valence-corrected chi connectivity index (χ1v) is 11.7. The van der Waals surface area contributed by atoms with Crippen molar-refractivity contribution in [2.45, 2.75) is 39.0 Å². The number of amides is 1. The fourth-order valence-electron chi connectivity index (χ4n) is 4.22. The Hall–Kier alpha value is -3.57. The highest BCUT2D eigenvalue weighted by molar-refractivity contribution is 5.98. The minimum absolute atomic E-state index is 0.0441. The number of benzene rings is 3. The molecule has 0 spiro atoms. The van der Waals surface area contributed by atoms with Crippen LogP contribution in [0, 0.1) is 0 Å². The van der Waals surface area contributed by atoms with Crippen LogP contribution >= 0.6 is 0 Å². The van der Waals surface area contributed by atoms with Gasteiger partial charge in [0.25, 0.3) is 5.91 Å². The topological polar surface area (TPSA) is 59.0 Å². The number of aliphatic hydroxyl groups excluding tert-OH is 1. The SMILES string of the molecule is C=C(C)c1cc(C(=O)N2CCCC2CO)c(OCc2ccccc2)cc1OCc1ccccc1. The number of hydrogen-bond acceptors (Lipinski definition) is 4. The Balaban J connectivity index is 1.69. The van der Waals surface area contributed by atoms with Crippen LogP contribution in [-0.2, 0) is 13.2 Å². The van der Waals surface area contributed by atoms with E-state index < -0.39 is 0 Å². The molecule has 0 bridgehead atoms. The summed E-state index contributed by atoms with van der Waals surface area (Å²) in [5.41, 5.74) is 4.08. The Morgan fingerprint density at radius 3 is 2.03 bits per heavy atom. The van der Waals surface area contributed by atoms with Crippen molar-refractivity contribution in [1.29, 1.82) is 0 Å². The van der Waals surface area contributed by atoms with E-state index in [1.165, 1.54) is 0 Å². The maximum atomic E-state index is 13.6. The van der Waals surface area contributed by atoms with Gasteiger partial charge in [-0.2, -0.15) is 0 Å². The van der Waals surface area contributed by atoms with Gasteiger partial charge < -0.3 is 19.5 Å². The molecule has 3 aromatic rings. The van der Waals surface area contributed by atoms with Crippen LogP contribution < -0.4 is 9.47 Å². The second-order valence-corrected chi connectivity index (χ2v) is 8.65. The van der Waals surface area contributed by atoms with E-state index in [4.69, 9.17) is 9.47 Å². The molecule has 1 N–H and O–H groups in total. The summed E-state index contributed by atoms with van der Waals surface area (Å²) < 4.78 is 12.4. The lowest BCUT2D eigenvalue weighted by Crippen LogP contribution is -2.37. The van der Waals surface area contributed by atoms with Gasteiger partial charge in [-0.05, 0) is 42.5 Å². The third-order valence-corrected chi connectivity index (χ3v) is 6.10. The predicted molar refractivity (Wildman–Crippen MR) is 134 cm³/mol. The summed E-state index contributed by atoms with van der Waals surface area (Å²) in [4.78, 5) is 15.3. The molecular formula is C29H31NO4. The zero-order chi connectivity index (χ0) is 23.9. The molecule has 0 aliphatic carbocycles. The number of ether oxygens (including phenoxy) is 2. The molecule has 3 aromatic carbocycles. The van der Waals surface area contributed by atoms with Crippen molar-refractivity contribution in [2.75, 3.05) is 13.2 Å². The van der Waals surface area contributed by atoms with Gasteiger partial charge in [-0.15, -0.1) is 0 Å². The highest BCUT2D eigenvalue weighted by Gasteiger charge is 2.31. The number of carbonyl (C=O) groups is 1. The van der Waals surface area contributed by atoms with Crippen molar-refractivity contribution in [3.63, 3.8) is 0 Å². The van der Waals surface area contributed by atoms with Crippen LogP contribution in [0.3, 0.4) is 0 Å². The maximum absolute atomic E-state index is 13.6. The molecule has 1 aliphatic heterocycles. The molecule has 1 amide bonds. The van der Waals surface area contributed by atoms with Crippen molar-refractivity contribution in [3.05, 3.63) is 102 Å². The van der Waals surface area contributed by atoms with Gasteiger partial charge in [0.05, 0.1) is 18.2 Å². The average molecular weight is 458 g/mol. The lowest BCUT2D eigenvalue weighted by molar-refractivity contribution is 0.0672. The molecule has 1 fully saturated rings. The average Bonchev–Trinajstić information content (AvgIpc) is 3.36. The van der Waals surface area contributed by atoms with Crippen LogP contribution in [-0.4, -0.2) is 35.1 Å². The molecule has 0 radical (unpaired) electrons. The fourth-order valence-corrected chi connectivity index (χ4v) is 4.22. The normalized spacial score (nSPS) is 15.2. The predicted octanol–water partition coefficient (Wildman–Crippen LogP) is 5.47. The molecule has 0 aromatic heterocycles. The van der Waals surface area contributed by atoms with E-state index in [1.807, 2.05) is 73.7 Å². The second kappa shape index (κ2) is 11.0. The van der Waals surface area contributed by atoms with Gasteiger partial charge in [-0.3, -0.25) is 4.79 Å². The van der Waals surface area contributed by atoms with Gasteiger partial charge in [0, 0.05) is 18.2 Å². The molecular weight excluding hydrogens is 426 g/mol.